The molecule has 0 aliphatic carbocycles. The van der Waals surface area contributed by atoms with E-state index in [0.717, 1.165) is 18.9 Å². The Labute approximate surface area is 86.5 Å². The van der Waals surface area contributed by atoms with Gasteiger partial charge in [-0.1, -0.05) is 0 Å². The fourth-order valence-electron chi connectivity index (χ4n) is 3.10. The highest BCUT2D eigenvalue weighted by Crippen LogP contribution is 2.32. The maximum absolute atomic E-state index is 8.78. The van der Waals surface area contributed by atoms with Crippen molar-refractivity contribution in [1.82, 2.24) is 10.2 Å². The SMILES string of the molecule is CN1CC2CCC(CCCCO)(C1)N2. The first-order valence-corrected chi connectivity index (χ1v) is 5.81. The molecule has 0 radical (unpaired) electrons. The van der Waals surface area contributed by atoms with Crippen molar-refractivity contribution in [1.29, 1.82) is 0 Å². The number of likely N-dealkylation sites (tertiary alicyclic amines) is 1. The number of hydrogen-bond acceptors (Lipinski definition) is 3. The molecule has 14 heavy (non-hydrogen) atoms. The van der Waals surface area contributed by atoms with Crippen LogP contribution in [-0.4, -0.2) is 48.3 Å². The van der Waals surface area contributed by atoms with E-state index >= 15 is 0 Å². The van der Waals surface area contributed by atoms with E-state index < -0.39 is 0 Å². The molecule has 2 rings (SSSR count). The molecule has 2 fully saturated rings. The fourth-order valence-corrected chi connectivity index (χ4v) is 3.10. The second kappa shape index (κ2) is 4.17. The zero-order valence-corrected chi connectivity index (χ0v) is 9.13. The molecule has 2 saturated heterocycles. The van der Waals surface area contributed by atoms with Crippen LogP contribution in [0.15, 0.2) is 0 Å². The van der Waals surface area contributed by atoms with Gasteiger partial charge in [-0.25, -0.2) is 0 Å². The molecule has 2 heterocycles. The predicted octanol–water partition coefficient (Wildman–Crippen LogP) is 0.585. The fraction of sp³-hybridized carbons (Fsp3) is 1.00. The average Bonchev–Trinajstić information content (AvgIpc) is 2.43. The van der Waals surface area contributed by atoms with Gasteiger partial charge >= 0.3 is 0 Å². The lowest BCUT2D eigenvalue weighted by atomic mass is 9.90. The molecule has 2 unspecified atom stereocenters. The van der Waals surface area contributed by atoms with E-state index in [1.54, 1.807) is 0 Å². The van der Waals surface area contributed by atoms with Crippen LogP contribution in [0.3, 0.4) is 0 Å². The minimum Gasteiger partial charge on any atom is -0.396 e. The predicted molar refractivity (Wildman–Crippen MR) is 57.3 cm³/mol. The first-order chi connectivity index (χ1) is 6.74. The molecule has 0 aromatic carbocycles. The Kier molecular flexibility index (Phi) is 3.10. The summed E-state index contributed by atoms with van der Waals surface area (Å²) >= 11 is 0. The first-order valence-electron chi connectivity index (χ1n) is 5.81. The summed E-state index contributed by atoms with van der Waals surface area (Å²) in [6.07, 6.45) is 6.01. The Bertz CT molecular complexity index is 198. The van der Waals surface area contributed by atoms with Gasteiger partial charge in [0.05, 0.1) is 0 Å². The number of likely N-dealkylation sites (N-methyl/N-ethyl adjacent to an activating group) is 1. The maximum Gasteiger partial charge on any atom is 0.0431 e. The average molecular weight is 198 g/mol. The minimum absolute atomic E-state index is 0.343. The number of rotatable bonds is 4. The van der Waals surface area contributed by atoms with Crippen molar-refractivity contribution in [3.8, 4) is 0 Å². The molecule has 0 aromatic heterocycles. The Morgan fingerprint density at radius 1 is 1.50 bits per heavy atom. The van der Waals surface area contributed by atoms with E-state index in [2.05, 4.69) is 17.3 Å². The van der Waals surface area contributed by atoms with Gasteiger partial charge < -0.3 is 15.3 Å². The number of fused-ring (bicyclic) bond motifs is 2. The Hall–Kier alpha value is -0.120. The number of nitrogens with one attached hydrogen (secondary N) is 1. The summed E-state index contributed by atoms with van der Waals surface area (Å²) in [6, 6.07) is 0.725. The van der Waals surface area contributed by atoms with Gasteiger partial charge in [0, 0.05) is 31.3 Å². The third-order valence-corrected chi connectivity index (χ3v) is 3.65. The molecular weight excluding hydrogens is 176 g/mol. The molecule has 2 bridgehead atoms. The van der Waals surface area contributed by atoms with E-state index in [1.807, 2.05) is 0 Å². The van der Waals surface area contributed by atoms with Gasteiger partial charge in [0.15, 0.2) is 0 Å². The number of nitrogens with zero attached hydrogens (tertiary/aromatic N) is 1. The first kappa shape index (κ1) is 10.4. The van der Waals surface area contributed by atoms with E-state index in [4.69, 9.17) is 5.11 Å². The zero-order valence-electron chi connectivity index (χ0n) is 9.13. The third kappa shape index (κ3) is 2.10. The van der Waals surface area contributed by atoms with Crippen LogP contribution >= 0.6 is 0 Å². The lowest BCUT2D eigenvalue weighted by Gasteiger charge is -2.40. The van der Waals surface area contributed by atoms with Crippen LogP contribution in [0, 0.1) is 0 Å². The summed E-state index contributed by atoms with van der Waals surface area (Å²) in [4.78, 5) is 2.45. The molecule has 2 N–H and O–H groups in total. The molecule has 0 aromatic rings. The number of piperazine rings is 1. The second-order valence-electron chi connectivity index (χ2n) is 5.04. The van der Waals surface area contributed by atoms with Gasteiger partial charge in [-0.05, 0) is 39.2 Å². The molecule has 82 valence electrons. The van der Waals surface area contributed by atoms with Gasteiger partial charge in [-0.2, -0.15) is 0 Å². The lowest BCUT2D eigenvalue weighted by Crippen LogP contribution is -2.58. The van der Waals surface area contributed by atoms with Crippen LogP contribution in [0.2, 0.25) is 0 Å². The highest BCUT2D eigenvalue weighted by atomic mass is 16.2. The Morgan fingerprint density at radius 2 is 2.36 bits per heavy atom. The van der Waals surface area contributed by atoms with Crippen LogP contribution in [-0.2, 0) is 0 Å². The lowest BCUT2D eigenvalue weighted by molar-refractivity contribution is 0.153. The molecule has 2 aliphatic heterocycles. The van der Waals surface area contributed by atoms with E-state index in [0.29, 0.717) is 12.1 Å². The summed E-state index contributed by atoms with van der Waals surface area (Å²) < 4.78 is 0. The summed E-state index contributed by atoms with van der Waals surface area (Å²) in [5.41, 5.74) is 0.382. The number of hydrogen-bond donors (Lipinski definition) is 2. The summed E-state index contributed by atoms with van der Waals surface area (Å²) in [6.45, 7) is 2.74. The summed E-state index contributed by atoms with van der Waals surface area (Å²) in [5.74, 6) is 0. The highest BCUT2D eigenvalue weighted by molar-refractivity contribution is 5.03. The molecule has 3 heteroatoms. The Balaban J connectivity index is 1.87. The van der Waals surface area contributed by atoms with Gasteiger partial charge in [-0.15, -0.1) is 0 Å². The molecule has 2 atom stereocenters. The van der Waals surface area contributed by atoms with E-state index in [1.165, 1.54) is 32.4 Å². The van der Waals surface area contributed by atoms with Gasteiger partial charge in [0.2, 0.25) is 0 Å². The maximum atomic E-state index is 8.78. The topological polar surface area (TPSA) is 35.5 Å². The Morgan fingerprint density at radius 3 is 3.14 bits per heavy atom. The van der Waals surface area contributed by atoms with Crippen molar-refractivity contribution in [2.45, 2.75) is 43.7 Å². The molecule has 2 aliphatic rings. The van der Waals surface area contributed by atoms with Crippen molar-refractivity contribution in [2.24, 2.45) is 0 Å². The molecule has 0 spiro atoms. The summed E-state index contributed by atoms with van der Waals surface area (Å²) in [7, 11) is 2.22. The largest absolute Gasteiger partial charge is 0.396 e. The van der Waals surface area contributed by atoms with Crippen molar-refractivity contribution < 1.29 is 5.11 Å². The van der Waals surface area contributed by atoms with Crippen LogP contribution in [0.5, 0.6) is 0 Å². The zero-order chi connectivity index (χ0) is 10.0. The van der Waals surface area contributed by atoms with Gasteiger partial charge in [0.25, 0.3) is 0 Å². The van der Waals surface area contributed by atoms with Crippen molar-refractivity contribution in [3.05, 3.63) is 0 Å². The van der Waals surface area contributed by atoms with E-state index in [9.17, 15) is 0 Å². The number of aliphatic hydroxyl groups excluding tert-OH is 1. The molecule has 3 nitrogen and oxygen atoms in total. The molecule has 0 amide bonds. The second-order valence-corrected chi connectivity index (χ2v) is 5.04. The normalized spacial score (nSPS) is 37.7. The monoisotopic (exact) mass is 198 g/mol. The number of aliphatic hydroxyl groups is 1. The van der Waals surface area contributed by atoms with Crippen LogP contribution in [0.25, 0.3) is 0 Å². The quantitative estimate of drug-likeness (QED) is 0.649. The van der Waals surface area contributed by atoms with Gasteiger partial charge in [-0.3, -0.25) is 0 Å². The van der Waals surface area contributed by atoms with Gasteiger partial charge in [0.1, 0.15) is 0 Å². The smallest absolute Gasteiger partial charge is 0.0431 e. The highest BCUT2D eigenvalue weighted by Gasteiger charge is 2.42. The summed E-state index contributed by atoms with van der Waals surface area (Å²) in [5, 5.41) is 12.6. The standard InChI is InChI=1S/C11H22N2O/c1-13-8-10-4-6-11(9-13,12-10)5-2-3-7-14/h10,12,14H,2-9H2,1H3. The van der Waals surface area contributed by atoms with Crippen LogP contribution in [0.1, 0.15) is 32.1 Å². The van der Waals surface area contributed by atoms with Crippen LogP contribution in [0.4, 0.5) is 0 Å². The van der Waals surface area contributed by atoms with Crippen molar-refractivity contribution >= 4 is 0 Å². The third-order valence-electron chi connectivity index (χ3n) is 3.65. The van der Waals surface area contributed by atoms with Crippen molar-refractivity contribution in [3.63, 3.8) is 0 Å². The van der Waals surface area contributed by atoms with E-state index in [-0.39, 0.29) is 0 Å². The van der Waals surface area contributed by atoms with Crippen LogP contribution < -0.4 is 5.32 Å². The van der Waals surface area contributed by atoms with Crippen molar-refractivity contribution in [2.75, 3.05) is 26.7 Å². The molecular formula is C11H22N2O. The minimum atomic E-state index is 0.343. The number of unbranched alkanes of at least 4 members (excludes halogenated alkanes) is 1. The molecule has 0 saturated carbocycles.